The average Bonchev–Trinajstić information content (AvgIpc) is 2.43. The highest BCUT2D eigenvalue weighted by atomic mass is 16.5. The Morgan fingerprint density at radius 1 is 1.10 bits per heavy atom. The number of aromatic carboxylic acids is 1. The average molecular weight is 281 g/mol. The van der Waals surface area contributed by atoms with Gasteiger partial charge in [0.1, 0.15) is 0 Å². The minimum absolute atomic E-state index is 0.0857. The molecule has 0 saturated carbocycles. The standard InChI is InChI=1S/C13H15NO6/c15-11(14-20)6-5-10(13(18)19)7-8-1-3-9(4-2-8)12(16)17/h1-4,10,20H,5-7H2,(H,14,15)(H,16,17)(H,18,19)/t10-/m0/s1. The molecule has 4 N–H and O–H groups in total. The summed E-state index contributed by atoms with van der Waals surface area (Å²) in [6.07, 6.45) is 0.178. The van der Waals surface area contributed by atoms with E-state index in [1.165, 1.54) is 17.6 Å². The van der Waals surface area contributed by atoms with E-state index < -0.39 is 23.8 Å². The zero-order valence-electron chi connectivity index (χ0n) is 10.6. The molecule has 7 heteroatoms. The molecule has 0 saturated heterocycles. The van der Waals surface area contributed by atoms with Crippen molar-refractivity contribution < 1.29 is 29.8 Å². The zero-order chi connectivity index (χ0) is 15.1. The minimum Gasteiger partial charge on any atom is -0.481 e. The van der Waals surface area contributed by atoms with Crippen LogP contribution in [0.15, 0.2) is 24.3 Å². The number of nitrogens with one attached hydrogen (secondary N) is 1. The Balaban J connectivity index is 2.67. The molecule has 1 aromatic carbocycles. The number of carbonyl (C=O) groups is 3. The molecule has 0 aliphatic carbocycles. The van der Waals surface area contributed by atoms with Crippen LogP contribution in [0, 0.1) is 5.92 Å². The summed E-state index contributed by atoms with van der Waals surface area (Å²) >= 11 is 0. The summed E-state index contributed by atoms with van der Waals surface area (Å²) in [4.78, 5) is 32.7. The third-order valence-corrected chi connectivity index (χ3v) is 2.88. The lowest BCUT2D eigenvalue weighted by Crippen LogP contribution is -2.23. The van der Waals surface area contributed by atoms with Crippen LogP contribution in [0.3, 0.4) is 0 Å². The largest absolute Gasteiger partial charge is 0.481 e. The minimum atomic E-state index is -1.05. The van der Waals surface area contributed by atoms with E-state index in [1.54, 1.807) is 12.1 Å². The number of hydroxylamine groups is 1. The molecule has 0 spiro atoms. The van der Waals surface area contributed by atoms with Crippen molar-refractivity contribution in [3.63, 3.8) is 0 Å². The van der Waals surface area contributed by atoms with Gasteiger partial charge >= 0.3 is 11.9 Å². The van der Waals surface area contributed by atoms with Crippen molar-refractivity contribution in [2.75, 3.05) is 0 Å². The second-order valence-corrected chi connectivity index (χ2v) is 4.32. The molecule has 0 bridgehead atoms. The highest BCUT2D eigenvalue weighted by molar-refractivity contribution is 5.87. The lowest BCUT2D eigenvalue weighted by atomic mass is 9.94. The van der Waals surface area contributed by atoms with Crippen molar-refractivity contribution in [3.05, 3.63) is 35.4 Å². The number of aliphatic carboxylic acids is 1. The van der Waals surface area contributed by atoms with Crippen LogP contribution >= 0.6 is 0 Å². The van der Waals surface area contributed by atoms with E-state index in [-0.39, 0.29) is 24.8 Å². The number of hydrogen-bond acceptors (Lipinski definition) is 4. The van der Waals surface area contributed by atoms with Gasteiger partial charge in [-0.1, -0.05) is 12.1 Å². The number of carbonyl (C=O) groups excluding carboxylic acids is 1. The van der Waals surface area contributed by atoms with Gasteiger partial charge in [-0.3, -0.25) is 14.8 Å². The lowest BCUT2D eigenvalue weighted by molar-refractivity contribution is -0.142. The molecule has 1 rings (SSSR count). The third-order valence-electron chi connectivity index (χ3n) is 2.88. The van der Waals surface area contributed by atoms with E-state index in [4.69, 9.17) is 15.4 Å². The van der Waals surface area contributed by atoms with Crippen LogP contribution < -0.4 is 5.48 Å². The highest BCUT2D eigenvalue weighted by Crippen LogP contribution is 2.15. The van der Waals surface area contributed by atoms with Crippen LogP contribution in [0.5, 0.6) is 0 Å². The molecule has 1 aromatic rings. The molecule has 1 atom stereocenters. The molecule has 0 unspecified atom stereocenters. The summed E-state index contributed by atoms with van der Waals surface area (Å²) in [5, 5.41) is 26.2. The predicted molar refractivity (Wildman–Crippen MR) is 67.4 cm³/mol. The first-order valence-electron chi connectivity index (χ1n) is 5.92. The Kier molecular flexibility index (Phi) is 5.67. The number of amides is 1. The Bertz CT molecular complexity index is 496. The van der Waals surface area contributed by atoms with E-state index >= 15 is 0 Å². The molecule has 7 nitrogen and oxygen atoms in total. The Morgan fingerprint density at radius 3 is 2.15 bits per heavy atom. The fourth-order valence-corrected chi connectivity index (χ4v) is 1.74. The second-order valence-electron chi connectivity index (χ2n) is 4.32. The van der Waals surface area contributed by atoms with Crippen LogP contribution in [0.2, 0.25) is 0 Å². The zero-order valence-corrected chi connectivity index (χ0v) is 10.6. The number of rotatable bonds is 7. The smallest absolute Gasteiger partial charge is 0.335 e. The van der Waals surface area contributed by atoms with E-state index in [0.717, 1.165) is 0 Å². The molecule has 1 amide bonds. The van der Waals surface area contributed by atoms with Crippen LogP contribution in [0.4, 0.5) is 0 Å². The fourth-order valence-electron chi connectivity index (χ4n) is 1.74. The van der Waals surface area contributed by atoms with Gasteiger partial charge in [0.05, 0.1) is 11.5 Å². The molecule has 0 fully saturated rings. The Morgan fingerprint density at radius 2 is 1.70 bits per heavy atom. The van der Waals surface area contributed by atoms with Gasteiger partial charge in [-0.05, 0) is 30.5 Å². The Labute approximate surface area is 114 Å². The number of hydrogen-bond donors (Lipinski definition) is 4. The topological polar surface area (TPSA) is 124 Å². The molecule has 0 aromatic heterocycles. The molecule has 0 aliphatic rings. The predicted octanol–water partition coefficient (Wildman–Crippen LogP) is 0.914. The lowest BCUT2D eigenvalue weighted by Gasteiger charge is -2.11. The Hall–Kier alpha value is -2.41. The molecule has 0 heterocycles. The van der Waals surface area contributed by atoms with Crippen molar-refractivity contribution >= 4 is 17.8 Å². The van der Waals surface area contributed by atoms with Crippen molar-refractivity contribution in [1.82, 2.24) is 5.48 Å². The second kappa shape index (κ2) is 7.25. The summed E-state index contributed by atoms with van der Waals surface area (Å²) in [5.74, 6) is -3.51. The first-order chi connectivity index (χ1) is 9.43. The monoisotopic (exact) mass is 281 g/mol. The van der Waals surface area contributed by atoms with Crippen molar-refractivity contribution in [2.24, 2.45) is 5.92 Å². The van der Waals surface area contributed by atoms with Crippen LogP contribution in [-0.4, -0.2) is 33.3 Å². The summed E-state index contributed by atoms with van der Waals surface area (Å²) in [5.41, 5.74) is 2.24. The van der Waals surface area contributed by atoms with Gasteiger partial charge < -0.3 is 10.2 Å². The van der Waals surface area contributed by atoms with Crippen molar-refractivity contribution in [2.45, 2.75) is 19.3 Å². The number of carboxylic acids is 2. The van der Waals surface area contributed by atoms with Gasteiger partial charge in [-0.15, -0.1) is 0 Å². The number of benzene rings is 1. The highest BCUT2D eigenvalue weighted by Gasteiger charge is 2.19. The van der Waals surface area contributed by atoms with E-state index in [2.05, 4.69) is 0 Å². The first-order valence-corrected chi connectivity index (χ1v) is 5.92. The van der Waals surface area contributed by atoms with Gasteiger partial charge in [0.15, 0.2) is 0 Å². The van der Waals surface area contributed by atoms with Gasteiger partial charge in [-0.25, -0.2) is 10.3 Å². The maximum atomic E-state index is 11.1. The molecule has 20 heavy (non-hydrogen) atoms. The molecule has 108 valence electrons. The van der Waals surface area contributed by atoms with Gasteiger partial charge in [0, 0.05) is 6.42 Å². The first kappa shape index (κ1) is 15.6. The van der Waals surface area contributed by atoms with Crippen LogP contribution in [-0.2, 0) is 16.0 Å². The summed E-state index contributed by atoms with van der Waals surface area (Å²) in [7, 11) is 0. The maximum Gasteiger partial charge on any atom is 0.335 e. The molecular weight excluding hydrogens is 266 g/mol. The van der Waals surface area contributed by atoms with Crippen molar-refractivity contribution in [3.8, 4) is 0 Å². The van der Waals surface area contributed by atoms with Crippen molar-refractivity contribution in [1.29, 1.82) is 0 Å². The van der Waals surface area contributed by atoms with E-state index in [9.17, 15) is 14.4 Å². The SMILES string of the molecule is O=C(CC[C@@H](Cc1ccc(C(=O)O)cc1)C(=O)O)NO. The van der Waals surface area contributed by atoms with E-state index in [0.29, 0.717) is 5.56 Å². The van der Waals surface area contributed by atoms with E-state index in [1.807, 2.05) is 0 Å². The van der Waals surface area contributed by atoms with Crippen LogP contribution in [0.1, 0.15) is 28.8 Å². The normalized spacial score (nSPS) is 11.7. The van der Waals surface area contributed by atoms with Gasteiger partial charge in [-0.2, -0.15) is 0 Å². The van der Waals surface area contributed by atoms with Crippen LogP contribution in [0.25, 0.3) is 0 Å². The maximum absolute atomic E-state index is 11.1. The van der Waals surface area contributed by atoms with Gasteiger partial charge in [0.2, 0.25) is 5.91 Å². The van der Waals surface area contributed by atoms with Gasteiger partial charge in [0.25, 0.3) is 0 Å². The number of carboxylic acid groups (broad SMARTS) is 2. The summed E-state index contributed by atoms with van der Waals surface area (Å²) in [6.45, 7) is 0. The quantitative estimate of drug-likeness (QED) is 0.435. The fraction of sp³-hybridized carbons (Fsp3) is 0.308. The molecular formula is C13H15NO6. The molecule has 0 aliphatic heterocycles. The third kappa shape index (κ3) is 4.69. The molecule has 0 radical (unpaired) electrons. The summed E-state index contributed by atoms with van der Waals surface area (Å²) < 4.78 is 0. The summed E-state index contributed by atoms with van der Waals surface area (Å²) in [6, 6.07) is 5.89.